The highest BCUT2D eigenvalue weighted by molar-refractivity contribution is 7.10. The quantitative estimate of drug-likeness (QED) is 0.594. The minimum Gasteiger partial charge on any atom is -0.506 e. The maximum atomic E-state index is 12.9. The summed E-state index contributed by atoms with van der Waals surface area (Å²) < 4.78 is 0. The van der Waals surface area contributed by atoms with Gasteiger partial charge in [-0.3, -0.25) is 4.79 Å². The van der Waals surface area contributed by atoms with E-state index in [2.05, 4.69) is 28.4 Å². The molecule has 2 aliphatic rings. The Bertz CT molecular complexity index is 1140. The third-order valence-corrected chi connectivity index (χ3v) is 6.08. The number of benzene rings is 2. The molecule has 0 saturated carbocycles. The van der Waals surface area contributed by atoms with Crippen LogP contribution in [0.2, 0.25) is 0 Å². The molecule has 136 valence electrons. The van der Waals surface area contributed by atoms with Crippen LogP contribution in [0.15, 0.2) is 99.7 Å². The molecule has 3 aromatic rings. The predicted octanol–water partition coefficient (Wildman–Crippen LogP) is 6.09. The molecule has 2 heterocycles. The van der Waals surface area contributed by atoms with Crippen LogP contribution in [0.5, 0.6) is 0 Å². The summed E-state index contributed by atoms with van der Waals surface area (Å²) in [5.74, 6) is -0.295. The third-order valence-electron chi connectivity index (χ3n) is 5.13. The Balaban J connectivity index is 1.61. The van der Waals surface area contributed by atoms with E-state index in [1.54, 1.807) is 29.5 Å². The minimum atomic E-state index is -0.209. The second-order valence-electron chi connectivity index (χ2n) is 6.76. The van der Waals surface area contributed by atoms with Gasteiger partial charge in [0.2, 0.25) is 0 Å². The van der Waals surface area contributed by atoms with Gasteiger partial charge in [-0.05, 0) is 23.1 Å². The fourth-order valence-electron chi connectivity index (χ4n) is 3.77. The first-order chi connectivity index (χ1) is 13.7. The summed E-state index contributed by atoms with van der Waals surface area (Å²) in [5.41, 5.74) is 2.81. The van der Waals surface area contributed by atoms with Gasteiger partial charge in [-0.25, -0.2) is 0 Å². The topological polar surface area (TPSA) is 62.0 Å². The van der Waals surface area contributed by atoms with E-state index in [4.69, 9.17) is 0 Å². The van der Waals surface area contributed by atoms with Crippen molar-refractivity contribution in [2.24, 2.45) is 10.2 Å². The van der Waals surface area contributed by atoms with Crippen LogP contribution in [-0.4, -0.2) is 10.9 Å². The summed E-state index contributed by atoms with van der Waals surface area (Å²) >= 11 is 1.64. The first kappa shape index (κ1) is 16.8. The first-order valence-corrected chi connectivity index (χ1v) is 9.91. The van der Waals surface area contributed by atoms with Crippen molar-refractivity contribution in [3.63, 3.8) is 0 Å². The molecule has 0 radical (unpaired) electrons. The number of rotatable bonds is 3. The SMILES string of the molecule is O=C1C(C2=C[C@H](c3ccccc3)[C@@H](c3cccs3)N=N2)=C(O)c2ccccc21. The van der Waals surface area contributed by atoms with Gasteiger partial charge in [0.1, 0.15) is 11.8 Å². The minimum absolute atomic E-state index is 0.0211. The second kappa shape index (κ2) is 6.69. The number of hydrogen-bond acceptors (Lipinski definition) is 5. The van der Waals surface area contributed by atoms with E-state index in [1.165, 1.54) is 0 Å². The molecule has 1 N–H and O–H groups in total. The van der Waals surface area contributed by atoms with Crippen molar-refractivity contribution in [1.29, 1.82) is 0 Å². The summed E-state index contributed by atoms with van der Waals surface area (Å²) in [7, 11) is 0. The van der Waals surface area contributed by atoms with Crippen LogP contribution in [0.25, 0.3) is 5.76 Å². The molecule has 1 aromatic heterocycles. The van der Waals surface area contributed by atoms with Crippen molar-refractivity contribution in [1.82, 2.24) is 0 Å². The van der Waals surface area contributed by atoms with Crippen molar-refractivity contribution < 1.29 is 9.90 Å². The number of nitrogens with zero attached hydrogens (tertiary/aromatic N) is 2. The van der Waals surface area contributed by atoms with Crippen LogP contribution in [0.3, 0.4) is 0 Å². The van der Waals surface area contributed by atoms with Crippen LogP contribution < -0.4 is 0 Å². The van der Waals surface area contributed by atoms with Crippen LogP contribution >= 0.6 is 11.3 Å². The molecule has 5 rings (SSSR count). The zero-order valence-corrected chi connectivity index (χ0v) is 15.6. The van der Waals surface area contributed by atoms with Crippen molar-refractivity contribution >= 4 is 22.9 Å². The highest BCUT2D eigenvalue weighted by atomic mass is 32.1. The van der Waals surface area contributed by atoms with E-state index in [-0.39, 0.29) is 29.1 Å². The molecule has 5 heteroatoms. The summed E-state index contributed by atoms with van der Waals surface area (Å²) in [6.45, 7) is 0. The van der Waals surface area contributed by atoms with Crippen LogP contribution in [0, 0.1) is 0 Å². The van der Waals surface area contributed by atoms with Gasteiger partial charge in [0.15, 0.2) is 5.78 Å². The number of Topliss-reactive ketones (excluding diaryl/α,β-unsaturated/α-hetero) is 1. The lowest BCUT2D eigenvalue weighted by molar-refractivity contribution is 0.103. The van der Waals surface area contributed by atoms with E-state index >= 15 is 0 Å². The number of carbonyl (C=O) groups excluding carboxylic acids is 1. The average Bonchev–Trinajstić information content (AvgIpc) is 3.36. The molecule has 0 bridgehead atoms. The fraction of sp³-hybridized carbons (Fsp3) is 0.0870. The third kappa shape index (κ3) is 2.63. The molecule has 0 spiro atoms. The van der Waals surface area contributed by atoms with E-state index < -0.39 is 0 Å². The summed E-state index contributed by atoms with van der Waals surface area (Å²) in [6, 6.07) is 21.1. The van der Waals surface area contributed by atoms with Gasteiger partial charge in [0.25, 0.3) is 0 Å². The summed E-state index contributed by atoms with van der Waals surface area (Å²) in [6.07, 6.45) is 1.96. The normalized spacial score (nSPS) is 21.0. The van der Waals surface area contributed by atoms with Gasteiger partial charge < -0.3 is 5.11 Å². The number of carbonyl (C=O) groups is 1. The molecule has 0 amide bonds. The van der Waals surface area contributed by atoms with Gasteiger partial charge in [-0.15, -0.1) is 11.3 Å². The monoisotopic (exact) mass is 384 g/mol. The van der Waals surface area contributed by atoms with Crippen LogP contribution in [0.4, 0.5) is 0 Å². The molecule has 28 heavy (non-hydrogen) atoms. The Morgan fingerprint density at radius 1 is 0.893 bits per heavy atom. The molecule has 4 nitrogen and oxygen atoms in total. The van der Waals surface area contributed by atoms with Crippen molar-refractivity contribution in [2.45, 2.75) is 12.0 Å². The zero-order valence-electron chi connectivity index (χ0n) is 14.8. The number of aliphatic hydroxyl groups excluding tert-OH is 1. The number of allylic oxidation sites excluding steroid dienone is 1. The molecule has 2 atom stereocenters. The van der Waals surface area contributed by atoms with E-state index in [0.29, 0.717) is 16.8 Å². The molecule has 1 aliphatic heterocycles. The molecular formula is C23H16N2O2S. The van der Waals surface area contributed by atoms with Crippen LogP contribution in [0.1, 0.15) is 38.3 Å². The Hall–Kier alpha value is -3.31. The smallest absolute Gasteiger partial charge is 0.199 e. The highest BCUT2D eigenvalue weighted by Gasteiger charge is 2.35. The van der Waals surface area contributed by atoms with Crippen LogP contribution in [-0.2, 0) is 0 Å². The Labute approximate surface area is 166 Å². The summed E-state index contributed by atoms with van der Waals surface area (Å²) in [4.78, 5) is 14.0. The fourth-order valence-corrected chi connectivity index (χ4v) is 4.58. The number of ketones is 1. The van der Waals surface area contributed by atoms with Crippen molar-refractivity contribution in [3.8, 4) is 0 Å². The Kier molecular flexibility index (Phi) is 4.02. The standard InChI is InChI=1S/C23H16N2O2S/c26-22-15-9-4-5-10-16(15)23(27)20(22)18-13-17(14-7-2-1-3-8-14)21(25-24-18)19-11-6-12-28-19/h1-13,17,21,26H/t17-,21+/m1/s1. The molecule has 0 unspecified atom stereocenters. The summed E-state index contributed by atoms with van der Waals surface area (Å²) in [5, 5.41) is 21.6. The number of azo groups is 1. The molecule has 0 saturated heterocycles. The van der Waals surface area contributed by atoms with E-state index in [9.17, 15) is 9.90 Å². The largest absolute Gasteiger partial charge is 0.506 e. The van der Waals surface area contributed by atoms with E-state index in [0.717, 1.165) is 10.4 Å². The lowest BCUT2D eigenvalue weighted by atomic mass is 9.88. The number of hydrogen-bond donors (Lipinski definition) is 1. The highest BCUT2D eigenvalue weighted by Crippen LogP contribution is 2.44. The lowest BCUT2D eigenvalue weighted by Gasteiger charge is -2.24. The molecular weight excluding hydrogens is 368 g/mol. The van der Waals surface area contributed by atoms with Gasteiger partial charge in [-0.1, -0.05) is 60.7 Å². The van der Waals surface area contributed by atoms with Gasteiger partial charge in [-0.2, -0.15) is 10.2 Å². The van der Waals surface area contributed by atoms with Gasteiger partial charge in [0.05, 0.1) is 11.3 Å². The predicted molar refractivity (Wildman–Crippen MR) is 110 cm³/mol. The molecule has 0 fully saturated rings. The lowest BCUT2D eigenvalue weighted by Crippen LogP contribution is -2.12. The Morgan fingerprint density at radius 3 is 2.36 bits per heavy atom. The number of thiophene rings is 1. The van der Waals surface area contributed by atoms with Gasteiger partial charge in [0, 0.05) is 21.9 Å². The average molecular weight is 384 g/mol. The zero-order chi connectivity index (χ0) is 19.1. The first-order valence-electron chi connectivity index (χ1n) is 9.03. The van der Waals surface area contributed by atoms with E-state index in [1.807, 2.05) is 41.8 Å². The Morgan fingerprint density at radius 2 is 1.64 bits per heavy atom. The van der Waals surface area contributed by atoms with Crippen molar-refractivity contribution in [2.75, 3.05) is 0 Å². The molecule has 1 aliphatic carbocycles. The second-order valence-corrected chi connectivity index (χ2v) is 7.74. The number of aliphatic hydroxyl groups is 1. The van der Waals surface area contributed by atoms with Gasteiger partial charge >= 0.3 is 0 Å². The molecule has 2 aromatic carbocycles. The maximum Gasteiger partial charge on any atom is 0.199 e. The maximum absolute atomic E-state index is 12.9. The van der Waals surface area contributed by atoms with Crippen molar-refractivity contribution in [3.05, 3.63) is 111 Å². The number of fused-ring (bicyclic) bond motifs is 1.